The maximum atomic E-state index is 14.0. The van der Waals surface area contributed by atoms with E-state index in [4.69, 9.17) is 4.74 Å². The predicted molar refractivity (Wildman–Crippen MR) is 123 cm³/mol. The number of carbonyl (C=O) groups excluding carboxylic acids is 1. The van der Waals surface area contributed by atoms with Crippen LogP contribution in [0.4, 0.5) is 5.69 Å². The smallest absolute Gasteiger partial charge is 0.278 e. The zero-order chi connectivity index (χ0) is 24.5. The van der Waals surface area contributed by atoms with Crippen LogP contribution in [0.15, 0.2) is 59.9 Å². The lowest BCUT2D eigenvalue weighted by Crippen LogP contribution is -2.33. The Morgan fingerprint density at radius 1 is 1.18 bits per heavy atom. The number of hydrogen-bond donors (Lipinski definition) is 2. The van der Waals surface area contributed by atoms with Crippen molar-refractivity contribution in [3.63, 3.8) is 0 Å². The number of ether oxygens (including phenoxy) is 1. The zero-order valence-corrected chi connectivity index (χ0v) is 19.4. The maximum Gasteiger partial charge on any atom is 0.278 e. The zero-order valence-electron chi connectivity index (χ0n) is 18.6. The van der Waals surface area contributed by atoms with Gasteiger partial charge in [-0.3, -0.25) is 24.0 Å². The first-order chi connectivity index (χ1) is 16.3. The molecule has 0 atom stereocenters. The number of benzene rings is 1. The van der Waals surface area contributed by atoms with Crippen LogP contribution in [0.25, 0.3) is 11.0 Å². The summed E-state index contributed by atoms with van der Waals surface area (Å²) in [5, 5.41) is 14.1. The van der Waals surface area contributed by atoms with Crippen LogP contribution in [0, 0.1) is 6.92 Å². The average molecular weight is 483 g/mol. The molecular weight excluding hydrogens is 460 g/mol. The normalized spacial score (nSPS) is 11.4. The van der Waals surface area contributed by atoms with E-state index < -0.39 is 15.9 Å². The van der Waals surface area contributed by atoms with Gasteiger partial charge < -0.3 is 4.74 Å². The van der Waals surface area contributed by atoms with E-state index in [1.807, 2.05) is 0 Å². The van der Waals surface area contributed by atoms with Gasteiger partial charge >= 0.3 is 0 Å². The Bertz CT molecular complexity index is 1450. The molecule has 4 aromatic rings. The van der Waals surface area contributed by atoms with Gasteiger partial charge in [-0.2, -0.15) is 5.10 Å². The second-order valence-electron chi connectivity index (χ2n) is 7.41. The lowest BCUT2D eigenvalue weighted by atomic mass is 10.1. The number of aromatic nitrogens is 4. The van der Waals surface area contributed by atoms with E-state index in [9.17, 15) is 18.4 Å². The Morgan fingerprint density at radius 3 is 2.47 bits per heavy atom. The summed E-state index contributed by atoms with van der Waals surface area (Å²) in [4.78, 5) is 20.9. The molecule has 2 N–H and O–H groups in total. The van der Waals surface area contributed by atoms with Gasteiger partial charge in [0.2, 0.25) is 0 Å². The fourth-order valence-corrected chi connectivity index (χ4v) is 5.17. The minimum Gasteiger partial charge on any atom is -0.497 e. The third-order valence-electron chi connectivity index (χ3n) is 5.32. The number of anilines is 1. The number of aryl methyl sites for hydroxylation is 2. The summed E-state index contributed by atoms with van der Waals surface area (Å²) in [6.45, 7) is 1.58. The number of nitrogens with zero attached hydrogens (tertiary/aromatic N) is 5. The van der Waals surface area contributed by atoms with E-state index in [-0.39, 0.29) is 22.7 Å². The van der Waals surface area contributed by atoms with E-state index in [2.05, 4.69) is 15.1 Å². The van der Waals surface area contributed by atoms with Crippen molar-refractivity contribution in [2.75, 3.05) is 11.4 Å². The molecule has 4 rings (SSSR count). The Labute approximate surface area is 195 Å². The predicted octanol–water partition coefficient (Wildman–Crippen LogP) is 2.19. The van der Waals surface area contributed by atoms with Gasteiger partial charge in [0.15, 0.2) is 5.65 Å². The molecule has 0 fully saturated rings. The summed E-state index contributed by atoms with van der Waals surface area (Å²) in [5.41, 5.74) is 2.99. The molecule has 0 spiro atoms. The molecule has 0 aliphatic carbocycles. The molecule has 176 valence electrons. The molecule has 3 aromatic heterocycles. The Morgan fingerprint density at radius 2 is 1.85 bits per heavy atom. The highest BCUT2D eigenvalue weighted by Crippen LogP contribution is 2.36. The molecule has 3 heterocycles. The summed E-state index contributed by atoms with van der Waals surface area (Å²) in [6, 6.07) is 9.28. The molecular formula is C22H22N6O5S. The molecule has 0 saturated heterocycles. The van der Waals surface area contributed by atoms with Gasteiger partial charge in [0.25, 0.3) is 15.9 Å². The standard InChI is InChI=1S/C22H22N6O5S/c1-14-19-20(18(22(29)26-30)12-24-21(19)27(2)25-14)28(13-15-8-10-23-11-9-15)34(31,32)17-6-4-16(33-3)5-7-17/h4-12,30H,13H2,1-3H3,(H,26,29). The van der Waals surface area contributed by atoms with Crippen LogP contribution in [0.3, 0.4) is 0 Å². The van der Waals surface area contributed by atoms with E-state index in [1.54, 1.807) is 44.0 Å². The number of hydroxylamine groups is 1. The van der Waals surface area contributed by atoms with Crippen molar-refractivity contribution in [3.8, 4) is 5.75 Å². The molecule has 0 saturated carbocycles. The van der Waals surface area contributed by atoms with Gasteiger partial charge in [-0.15, -0.1) is 0 Å². The number of rotatable bonds is 7. The van der Waals surface area contributed by atoms with Crippen LogP contribution in [0.2, 0.25) is 0 Å². The highest BCUT2D eigenvalue weighted by atomic mass is 32.2. The molecule has 0 bridgehead atoms. The average Bonchev–Trinajstić information content (AvgIpc) is 3.15. The second kappa shape index (κ2) is 9.08. The van der Waals surface area contributed by atoms with Crippen molar-refractivity contribution >= 4 is 32.7 Å². The molecule has 0 aliphatic heterocycles. The largest absolute Gasteiger partial charge is 0.497 e. The first-order valence-electron chi connectivity index (χ1n) is 10.1. The van der Waals surface area contributed by atoms with Gasteiger partial charge in [0, 0.05) is 25.6 Å². The van der Waals surface area contributed by atoms with E-state index >= 15 is 0 Å². The number of amides is 1. The molecule has 1 amide bonds. The third-order valence-corrected chi connectivity index (χ3v) is 7.08. The first-order valence-corrected chi connectivity index (χ1v) is 11.5. The fraction of sp³-hybridized carbons (Fsp3) is 0.182. The van der Waals surface area contributed by atoms with E-state index in [1.165, 1.54) is 42.3 Å². The summed E-state index contributed by atoms with van der Waals surface area (Å²) in [6.07, 6.45) is 4.31. The summed E-state index contributed by atoms with van der Waals surface area (Å²) < 4.78 is 35.7. The lowest BCUT2D eigenvalue weighted by molar-refractivity contribution is 0.0707. The number of pyridine rings is 2. The maximum absolute atomic E-state index is 14.0. The Balaban J connectivity index is 2.03. The molecule has 0 unspecified atom stereocenters. The van der Waals surface area contributed by atoms with Crippen LogP contribution in [-0.2, 0) is 23.6 Å². The SMILES string of the molecule is COc1ccc(S(=O)(=O)N(Cc2ccncc2)c2c(C(=O)NO)cnc3c2c(C)nn3C)cc1. The number of hydrogen-bond acceptors (Lipinski definition) is 8. The minimum absolute atomic E-state index is 0.00998. The number of fused-ring (bicyclic) bond motifs is 1. The highest BCUT2D eigenvalue weighted by molar-refractivity contribution is 7.92. The van der Waals surface area contributed by atoms with Crippen LogP contribution < -0.4 is 14.5 Å². The molecule has 12 heteroatoms. The van der Waals surface area contributed by atoms with Crippen molar-refractivity contribution in [3.05, 3.63) is 71.8 Å². The quantitative estimate of drug-likeness (QED) is 0.302. The van der Waals surface area contributed by atoms with Crippen LogP contribution in [0.1, 0.15) is 21.6 Å². The molecule has 0 aliphatic rings. The molecule has 34 heavy (non-hydrogen) atoms. The number of methoxy groups -OCH3 is 1. The topological polar surface area (TPSA) is 140 Å². The van der Waals surface area contributed by atoms with E-state index in [0.717, 1.165) is 4.31 Å². The van der Waals surface area contributed by atoms with Crippen molar-refractivity contribution < 1.29 is 23.2 Å². The molecule has 0 radical (unpaired) electrons. The van der Waals surface area contributed by atoms with Crippen LogP contribution in [-0.4, -0.2) is 46.4 Å². The Hall–Kier alpha value is -4.03. The summed E-state index contributed by atoms with van der Waals surface area (Å²) in [5.74, 6) is -0.410. The van der Waals surface area contributed by atoms with Gasteiger partial charge in [0.1, 0.15) is 5.75 Å². The third kappa shape index (κ3) is 4.04. The number of nitrogens with one attached hydrogen (secondary N) is 1. The summed E-state index contributed by atoms with van der Waals surface area (Å²) >= 11 is 0. The monoisotopic (exact) mass is 482 g/mol. The lowest BCUT2D eigenvalue weighted by Gasteiger charge is -2.27. The van der Waals surface area contributed by atoms with Crippen LogP contribution >= 0.6 is 0 Å². The fourth-order valence-electron chi connectivity index (χ4n) is 3.69. The van der Waals surface area contributed by atoms with Crippen molar-refractivity contribution in [2.45, 2.75) is 18.4 Å². The van der Waals surface area contributed by atoms with Crippen LogP contribution in [0.5, 0.6) is 5.75 Å². The first kappa shape index (κ1) is 23.1. The molecule has 11 nitrogen and oxygen atoms in total. The number of sulfonamides is 1. The van der Waals surface area contributed by atoms with Crippen molar-refractivity contribution in [2.24, 2.45) is 7.05 Å². The highest BCUT2D eigenvalue weighted by Gasteiger charge is 2.32. The minimum atomic E-state index is -4.21. The molecule has 1 aromatic carbocycles. The van der Waals surface area contributed by atoms with Gasteiger partial charge in [-0.25, -0.2) is 18.9 Å². The second-order valence-corrected chi connectivity index (χ2v) is 9.27. The number of carbonyl (C=O) groups is 1. The Kier molecular flexibility index (Phi) is 6.18. The summed E-state index contributed by atoms with van der Waals surface area (Å²) in [7, 11) is -1.06. The van der Waals surface area contributed by atoms with Crippen molar-refractivity contribution in [1.82, 2.24) is 25.2 Å². The van der Waals surface area contributed by atoms with E-state index in [0.29, 0.717) is 28.0 Å². The van der Waals surface area contributed by atoms with Gasteiger partial charge in [-0.1, -0.05) is 0 Å². The van der Waals surface area contributed by atoms with Gasteiger partial charge in [0.05, 0.1) is 40.9 Å². The van der Waals surface area contributed by atoms with Gasteiger partial charge in [-0.05, 0) is 48.9 Å². The van der Waals surface area contributed by atoms with Crippen molar-refractivity contribution in [1.29, 1.82) is 0 Å².